The largest absolute Gasteiger partial charge is 0.444 e. The minimum Gasteiger partial charge on any atom is -0.444 e. The molecule has 1 aliphatic rings. The van der Waals surface area contributed by atoms with Crippen LogP contribution >= 0.6 is 15.9 Å². The highest BCUT2D eigenvalue weighted by Crippen LogP contribution is 2.22. The summed E-state index contributed by atoms with van der Waals surface area (Å²) in [5.41, 5.74) is 0.395. The fourth-order valence-corrected chi connectivity index (χ4v) is 2.67. The first-order valence-electron chi connectivity index (χ1n) is 7.28. The molecule has 1 atom stereocenters. The average Bonchev–Trinajstić information content (AvgIpc) is 2.84. The van der Waals surface area contributed by atoms with E-state index in [4.69, 9.17) is 9.47 Å². The lowest BCUT2D eigenvalue weighted by Crippen LogP contribution is -2.36. The van der Waals surface area contributed by atoms with E-state index < -0.39 is 5.60 Å². The van der Waals surface area contributed by atoms with E-state index in [9.17, 15) is 9.18 Å². The first-order chi connectivity index (χ1) is 10.2. The molecule has 1 heterocycles. The Kier molecular flexibility index (Phi) is 5.45. The fourth-order valence-electron chi connectivity index (χ4n) is 2.20. The molecule has 4 nitrogen and oxygen atoms in total. The molecule has 1 saturated heterocycles. The van der Waals surface area contributed by atoms with Gasteiger partial charge in [-0.3, -0.25) is 0 Å². The Morgan fingerprint density at radius 1 is 1.45 bits per heavy atom. The number of halogens is 2. The Hall–Kier alpha value is -1.14. The van der Waals surface area contributed by atoms with Gasteiger partial charge in [-0.15, -0.1) is 0 Å². The van der Waals surface area contributed by atoms with Crippen molar-refractivity contribution in [3.63, 3.8) is 0 Å². The van der Waals surface area contributed by atoms with Crippen molar-refractivity contribution in [2.45, 2.75) is 45.5 Å². The highest BCUT2D eigenvalue weighted by molar-refractivity contribution is 9.10. The van der Waals surface area contributed by atoms with E-state index in [0.29, 0.717) is 24.2 Å². The molecular formula is C16H21BrFNO3. The molecule has 2 rings (SSSR count). The van der Waals surface area contributed by atoms with E-state index in [1.54, 1.807) is 11.0 Å². The second-order valence-electron chi connectivity index (χ2n) is 6.38. The first-order valence-corrected chi connectivity index (χ1v) is 8.07. The third-order valence-corrected chi connectivity index (χ3v) is 4.02. The second-order valence-corrected chi connectivity index (χ2v) is 7.24. The van der Waals surface area contributed by atoms with Crippen LogP contribution < -0.4 is 0 Å². The molecule has 0 N–H and O–H groups in total. The third-order valence-electron chi connectivity index (χ3n) is 3.29. The highest BCUT2D eigenvalue weighted by atomic mass is 79.9. The molecule has 1 amide bonds. The fraction of sp³-hybridized carbons (Fsp3) is 0.562. The predicted molar refractivity (Wildman–Crippen MR) is 85.1 cm³/mol. The summed E-state index contributed by atoms with van der Waals surface area (Å²) in [5, 5.41) is 0. The SMILES string of the molecule is CC(C)(C)OC(=O)N1CCC(OCc2ccc(F)cc2Br)C1. The molecular weight excluding hydrogens is 353 g/mol. The topological polar surface area (TPSA) is 38.8 Å². The van der Waals surface area contributed by atoms with Crippen molar-refractivity contribution >= 4 is 22.0 Å². The van der Waals surface area contributed by atoms with Crippen LogP contribution in [0.2, 0.25) is 0 Å². The molecule has 0 radical (unpaired) electrons. The average molecular weight is 374 g/mol. The van der Waals surface area contributed by atoms with Crippen molar-refractivity contribution in [3.05, 3.63) is 34.1 Å². The summed E-state index contributed by atoms with van der Waals surface area (Å²) in [4.78, 5) is 13.6. The van der Waals surface area contributed by atoms with Crippen LogP contribution in [-0.4, -0.2) is 35.8 Å². The molecule has 1 fully saturated rings. The number of nitrogens with zero attached hydrogens (tertiary/aromatic N) is 1. The quantitative estimate of drug-likeness (QED) is 0.799. The molecule has 0 aliphatic carbocycles. The van der Waals surface area contributed by atoms with E-state index in [-0.39, 0.29) is 18.0 Å². The second kappa shape index (κ2) is 6.96. The molecule has 0 saturated carbocycles. The van der Waals surface area contributed by atoms with Crippen LogP contribution in [0.1, 0.15) is 32.8 Å². The number of carbonyl (C=O) groups is 1. The van der Waals surface area contributed by atoms with E-state index in [1.807, 2.05) is 20.8 Å². The van der Waals surface area contributed by atoms with Crippen molar-refractivity contribution in [2.75, 3.05) is 13.1 Å². The van der Waals surface area contributed by atoms with E-state index in [0.717, 1.165) is 12.0 Å². The molecule has 0 spiro atoms. The zero-order valence-electron chi connectivity index (χ0n) is 13.1. The van der Waals surface area contributed by atoms with Crippen LogP contribution in [0.25, 0.3) is 0 Å². The Morgan fingerprint density at radius 2 is 2.18 bits per heavy atom. The van der Waals surface area contributed by atoms with E-state index in [1.165, 1.54) is 12.1 Å². The standard InChI is InChI=1S/C16H21BrFNO3/c1-16(2,3)22-15(20)19-7-6-13(9-19)21-10-11-4-5-12(18)8-14(11)17/h4-5,8,13H,6-7,9-10H2,1-3H3. The summed E-state index contributed by atoms with van der Waals surface area (Å²) >= 11 is 3.32. The van der Waals surface area contributed by atoms with Gasteiger partial charge < -0.3 is 14.4 Å². The van der Waals surface area contributed by atoms with Gasteiger partial charge in [-0.1, -0.05) is 22.0 Å². The minimum atomic E-state index is -0.491. The third kappa shape index (κ3) is 4.95. The van der Waals surface area contributed by atoms with Crippen molar-refractivity contribution in [1.29, 1.82) is 0 Å². The normalized spacial score (nSPS) is 18.6. The smallest absolute Gasteiger partial charge is 0.410 e. The maximum absolute atomic E-state index is 13.0. The number of hydrogen-bond acceptors (Lipinski definition) is 3. The van der Waals surface area contributed by atoms with Gasteiger partial charge in [0.05, 0.1) is 19.3 Å². The van der Waals surface area contributed by atoms with Crippen molar-refractivity contribution < 1.29 is 18.7 Å². The molecule has 1 unspecified atom stereocenters. The van der Waals surface area contributed by atoms with Gasteiger partial charge in [0.2, 0.25) is 0 Å². The zero-order chi connectivity index (χ0) is 16.3. The monoisotopic (exact) mass is 373 g/mol. The number of carbonyl (C=O) groups excluding carboxylic acids is 1. The summed E-state index contributed by atoms with van der Waals surface area (Å²) < 4.78 is 24.9. The van der Waals surface area contributed by atoms with Crippen LogP contribution in [0.15, 0.2) is 22.7 Å². The summed E-state index contributed by atoms with van der Waals surface area (Å²) in [7, 11) is 0. The predicted octanol–water partition coefficient (Wildman–Crippen LogP) is 4.11. The summed E-state index contributed by atoms with van der Waals surface area (Å²) in [6.07, 6.45) is 0.448. The van der Waals surface area contributed by atoms with Crippen LogP contribution in [0.4, 0.5) is 9.18 Å². The lowest BCUT2D eigenvalue weighted by molar-refractivity contribution is 0.0183. The number of ether oxygens (including phenoxy) is 2. The Balaban J connectivity index is 1.82. The Bertz CT molecular complexity index is 545. The minimum absolute atomic E-state index is 0.0236. The van der Waals surface area contributed by atoms with Crippen molar-refractivity contribution in [1.82, 2.24) is 4.90 Å². The molecule has 1 aromatic carbocycles. The first kappa shape index (κ1) is 17.2. The van der Waals surface area contributed by atoms with Gasteiger partial charge in [-0.2, -0.15) is 0 Å². The number of likely N-dealkylation sites (tertiary alicyclic amines) is 1. The van der Waals surface area contributed by atoms with E-state index >= 15 is 0 Å². The molecule has 0 bridgehead atoms. The van der Waals surface area contributed by atoms with Gasteiger partial charge in [-0.25, -0.2) is 9.18 Å². The number of amides is 1. The Morgan fingerprint density at radius 3 is 2.82 bits per heavy atom. The van der Waals surface area contributed by atoms with E-state index in [2.05, 4.69) is 15.9 Å². The molecule has 1 aromatic rings. The zero-order valence-corrected chi connectivity index (χ0v) is 14.7. The van der Waals surface area contributed by atoms with Gasteiger partial charge in [0, 0.05) is 11.0 Å². The molecule has 0 aromatic heterocycles. The Labute approximate surface area is 138 Å². The lowest BCUT2D eigenvalue weighted by atomic mass is 10.2. The summed E-state index contributed by atoms with van der Waals surface area (Å²) in [6, 6.07) is 4.52. The van der Waals surface area contributed by atoms with Gasteiger partial charge in [0.25, 0.3) is 0 Å². The van der Waals surface area contributed by atoms with Gasteiger partial charge in [0.15, 0.2) is 0 Å². The number of rotatable bonds is 3. The maximum Gasteiger partial charge on any atom is 0.410 e. The summed E-state index contributed by atoms with van der Waals surface area (Å²) in [6.45, 7) is 7.08. The van der Waals surface area contributed by atoms with Gasteiger partial charge in [-0.05, 0) is 44.9 Å². The van der Waals surface area contributed by atoms with Gasteiger partial charge >= 0.3 is 6.09 Å². The van der Waals surface area contributed by atoms with Crippen LogP contribution in [0.5, 0.6) is 0 Å². The number of benzene rings is 1. The molecule has 122 valence electrons. The molecule has 22 heavy (non-hydrogen) atoms. The van der Waals surface area contributed by atoms with Crippen molar-refractivity contribution in [2.24, 2.45) is 0 Å². The highest BCUT2D eigenvalue weighted by Gasteiger charge is 2.30. The van der Waals surface area contributed by atoms with Crippen LogP contribution in [-0.2, 0) is 16.1 Å². The van der Waals surface area contributed by atoms with Crippen LogP contribution in [0.3, 0.4) is 0 Å². The number of hydrogen-bond donors (Lipinski definition) is 0. The maximum atomic E-state index is 13.0. The van der Waals surface area contributed by atoms with Crippen molar-refractivity contribution in [3.8, 4) is 0 Å². The summed E-state index contributed by atoms with van der Waals surface area (Å²) in [5.74, 6) is -0.285. The van der Waals surface area contributed by atoms with Gasteiger partial charge in [0.1, 0.15) is 11.4 Å². The lowest BCUT2D eigenvalue weighted by Gasteiger charge is -2.24. The molecule has 1 aliphatic heterocycles. The molecule has 6 heteroatoms. The van der Waals surface area contributed by atoms with Crippen LogP contribution in [0, 0.1) is 5.82 Å².